The highest BCUT2D eigenvalue weighted by Crippen LogP contribution is 2.21. The van der Waals surface area contributed by atoms with E-state index in [-0.39, 0.29) is 11.5 Å². The number of carbonyl (C=O) groups is 1. The van der Waals surface area contributed by atoms with E-state index in [2.05, 4.69) is 15.4 Å². The molecule has 0 aliphatic rings. The summed E-state index contributed by atoms with van der Waals surface area (Å²) < 4.78 is 1.21. The highest BCUT2D eigenvalue weighted by Gasteiger charge is 2.18. The second-order valence-electron chi connectivity index (χ2n) is 5.19. The Morgan fingerprint density at radius 1 is 1.25 bits per heavy atom. The van der Waals surface area contributed by atoms with Crippen LogP contribution in [0.2, 0.25) is 0 Å². The number of hydrogen-bond donors (Lipinski definition) is 1. The lowest BCUT2D eigenvalue weighted by Crippen LogP contribution is -2.36. The van der Waals surface area contributed by atoms with Crippen LogP contribution in [0.1, 0.15) is 18.7 Å². The largest absolute Gasteiger partial charge is 0.349 e. The molecule has 1 amide bonds. The molecule has 3 aromatic heterocycles. The van der Waals surface area contributed by atoms with Crippen molar-refractivity contribution in [1.29, 1.82) is 0 Å². The molecule has 0 aromatic carbocycles. The number of nitrogens with zero attached hydrogens (tertiary/aromatic N) is 3. The molecule has 24 heavy (non-hydrogen) atoms. The molecule has 1 atom stereocenters. The minimum Gasteiger partial charge on any atom is -0.349 e. The van der Waals surface area contributed by atoms with E-state index in [1.807, 2.05) is 35.7 Å². The smallest absolute Gasteiger partial charge is 0.267 e. The molecule has 0 bridgehead atoms. The first-order valence-corrected chi connectivity index (χ1v) is 8.34. The number of carbonyl (C=O) groups excluding carboxylic acids is 1. The molecular weight excluding hydrogens is 324 g/mol. The van der Waals surface area contributed by atoms with Crippen LogP contribution in [0.4, 0.5) is 0 Å². The van der Waals surface area contributed by atoms with Crippen LogP contribution < -0.4 is 10.9 Å². The summed E-state index contributed by atoms with van der Waals surface area (Å²) in [7, 11) is 0. The van der Waals surface area contributed by atoms with Gasteiger partial charge in [0.25, 0.3) is 5.56 Å². The summed E-state index contributed by atoms with van der Waals surface area (Å²) in [4.78, 5) is 29.5. The first-order chi connectivity index (χ1) is 11.6. The molecule has 0 aliphatic carbocycles. The molecule has 3 rings (SSSR count). The van der Waals surface area contributed by atoms with Crippen LogP contribution in [-0.2, 0) is 11.3 Å². The number of rotatable bonds is 5. The number of hydrogen-bond acceptors (Lipinski definition) is 5. The molecule has 0 radical (unpaired) electrons. The van der Waals surface area contributed by atoms with Crippen LogP contribution in [0.15, 0.2) is 58.8 Å². The van der Waals surface area contributed by atoms with Crippen LogP contribution >= 0.6 is 11.3 Å². The second kappa shape index (κ2) is 7.18. The standard InChI is InChI=1S/C17H16N4O2S/c1-12(17(23)19-11-13-5-2-3-9-18-13)21-16(22)8-7-14(20-21)15-6-4-10-24-15/h2-10,12H,11H2,1H3,(H,19,23). The predicted octanol–water partition coefficient (Wildman–Crippen LogP) is 2.24. The Bertz CT molecular complexity index is 875. The van der Waals surface area contributed by atoms with Crippen LogP contribution in [0, 0.1) is 0 Å². The number of nitrogens with one attached hydrogen (secondary N) is 1. The SMILES string of the molecule is CC(C(=O)NCc1ccccn1)n1nc(-c2cccs2)ccc1=O. The van der Waals surface area contributed by atoms with Crippen molar-refractivity contribution in [2.45, 2.75) is 19.5 Å². The fourth-order valence-electron chi connectivity index (χ4n) is 2.20. The van der Waals surface area contributed by atoms with Gasteiger partial charge in [0.05, 0.1) is 17.1 Å². The summed E-state index contributed by atoms with van der Waals surface area (Å²) in [5, 5.41) is 9.05. The second-order valence-corrected chi connectivity index (χ2v) is 6.14. The van der Waals surface area contributed by atoms with Crippen molar-refractivity contribution < 1.29 is 4.79 Å². The van der Waals surface area contributed by atoms with Gasteiger partial charge in [0.2, 0.25) is 5.91 Å². The fraction of sp³-hybridized carbons (Fsp3) is 0.176. The molecular formula is C17H16N4O2S. The van der Waals surface area contributed by atoms with E-state index in [1.165, 1.54) is 22.1 Å². The zero-order valence-electron chi connectivity index (χ0n) is 13.0. The maximum atomic E-state index is 12.3. The van der Waals surface area contributed by atoms with Gasteiger partial charge in [0.1, 0.15) is 11.7 Å². The third kappa shape index (κ3) is 3.57. The van der Waals surface area contributed by atoms with Gasteiger partial charge in [-0.2, -0.15) is 5.10 Å². The highest BCUT2D eigenvalue weighted by molar-refractivity contribution is 7.13. The van der Waals surface area contributed by atoms with Gasteiger partial charge in [-0.15, -0.1) is 11.3 Å². The highest BCUT2D eigenvalue weighted by atomic mass is 32.1. The fourth-order valence-corrected chi connectivity index (χ4v) is 2.89. The van der Waals surface area contributed by atoms with Crippen molar-refractivity contribution in [3.63, 3.8) is 0 Å². The third-order valence-electron chi connectivity index (χ3n) is 3.51. The topological polar surface area (TPSA) is 76.9 Å². The maximum Gasteiger partial charge on any atom is 0.267 e. The van der Waals surface area contributed by atoms with Gasteiger partial charge in [0.15, 0.2) is 0 Å². The van der Waals surface area contributed by atoms with E-state index in [1.54, 1.807) is 19.2 Å². The Morgan fingerprint density at radius 3 is 2.83 bits per heavy atom. The summed E-state index contributed by atoms with van der Waals surface area (Å²) in [6.45, 7) is 1.96. The summed E-state index contributed by atoms with van der Waals surface area (Å²) in [6.07, 6.45) is 1.67. The monoisotopic (exact) mass is 340 g/mol. The van der Waals surface area contributed by atoms with E-state index in [9.17, 15) is 9.59 Å². The van der Waals surface area contributed by atoms with Gasteiger partial charge in [-0.3, -0.25) is 14.6 Å². The summed E-state index contributed by atoms with van der Waals surface area (Å²) >= 11 is 1.53. The quantitative estimate of drug-likeness (QED) is 0.773. The van der Waals surface area contributed by atoms with E-state index >= 15 is 0 Å². The van der Waals surface area contributed by atoms with Crippen molar-refractivity contribution in [1.82, 2.24) is 20.1 Å². The molecule has 0 fully saturated rings. The van der Waals surface area contributed by atoms with E-state index in [0.717, 1.165) is 10.6 Å². The zero-order valence-corrected chi connectivity index (χ0v) is 13.9. The van der Waals surface area contributed by atoms with E-state index < -0.39 is 6.04 Å². The Kier molecular flexibility index (Phi) is 4.81. The number of aromatic nitrogens is 3. The molecule has 1 unspecified atom stereocenters. The Morgan fingerprint density at radius 2 is 2.12 bits per heavy atom. The summed E-state index contributed by atoms with van der Waals surface area (Å²) in [5.74, 6) is -0.279. The van der Waals surface area contributed by atoms with Crippen molar-refractivity contribution >= 4 is 17.2 Å². The molecule has 0 saturated carbocycles. The molecule has 0 saturated heterocycles. The normalized spacial score (nSPS) is 11.9. The number of amides is 1. The predicted molar refractivity (Wildman–Crippen MR) is 92.6 cm³/mol. The third-order valence-corrected chi connectivity index (χ3v) is 4.41. The lowest BCUT2D eigenvalue weighted by atomic mass is 10.3. The zero-order chi connectivity index (χ0) is 16.9. The first kappa shape index (κ1) is 16.1. The van der Waals surface area contributed by atoms with Gasteiger partial charge >= 0.3 is 0 Å². The van der Waals surface area contributed by atoms with E-state index in [4.69, 9.17) is 0 Å². The van der Waals surface area contributed by atoms with Crippen molar-refractivity contribution in [3.05, 3.63) is 70.1 Å². The summed E-state index contributed by atoms with van der Waals surface area (Å²) in [5.41, 5.74) is 1.12. The first-order valence-electron chi connectivity index (χ1n) is 7.46. The van der Waals surface area contributed by atoms with E-state index in [0.29, 0.717) is 12.2 Å². The Hall–Kier alpha value is -2.80. The lowest BCUT2D eigenvalue weighted by molar-refractivity contribution is -0.124. The van der Waals surface area contributed by atoms with Gasteiger partial charge in [0, 0.05) is 12.3 Å². The van der Waals surface area contributed by atoms with Crippen molar-refractivity contribution in [2.75, 3.05) is 0 Å². The molecule has 6 nitrogen and oxygen atoms in total. The molecule has 0 spiro atoms. The minimum absolute atomic E-state index is 0.279. The van der Waals surface area contributed by atoms with Crippen molar-refractivity contribution in [3.8, 4) is 10.6 Å². The van der Waals surface area contributed by atoms with Gasteiger partial charge in [-0.05, 0) is 36.6 Å². The lowest BCUT2D eigenvalue weighted by Gasteiger charge is -2.14. The van der Waals surface area contributed by atoms with Crippen LogP contribution in [0.5, 0.6) is 0 Å². The molecule has 122 valence electrons. The average Bonchev–Trinajstić information content (AvgIpc) is 3.15. The molecule has 1 N–H and O–H groups in total. The van der Waals surface area contributed by atoms with Crippen LogP contribution in [-0.4, -0.2) is 20.7 Å². The Labute approximate surface area is 142 Å². The van der Waals surface area contributed by atoms with Gasteiger partial charge in [-0.1, -0.05) is 12.1 Å². The number of thiophene rings is 1. The average molecular weight is 340 g/mol. The van der Waals surface area contributed by atoms with Crippen LogP contribution in [0.25, 0.3) is 10.6 Å². The minimum atomic E-state index is -0.707. The maximum absolute atomic E-state index is 12.3. The number of pyridine rings is 1. The van der Waals surface area contributed by atoms with Crippen LogP contribution in [0.3, 0.4) is 0 Å². The molecule has 7 heteroatoms. The van der Waals surface area contributed by atoms with Gasteiger partial charge in [-0.25, -0.2) is 4.68 Å². The molecule has 3 aromatic rings. The molecule has 0 aliphatic heterocycles. The molecule has 3 heterocycles. The summed E-state index contributed by atoms with van der Waals surface area (Å²) in [6, 6.07) is 11.7. The van der Waals surface area contributed by atoms with Crippen molar-refractivity contribution in [2.24, 2.45) is 0 Å². The Balaban J connectivity index is 1.76. The van der Waals surface area contributed by atoms with Gasteiger partial charge < -0.3 is 5.32 Å².